The zero-order valence-electron chi connectivity index (χ0n) is 9.67. The molecule has 0 radical (unpaired) electrons. The highest BCUT2D eigenvalue weighted by molar-refractivity contribution is 5.64. The second-order valence-corrected chi connectivity index (χ2v) is 4.46. The Morgan fingerprint density at radius 2 is 1.50 bits per heavy atom. The van der Waals surface area contributed by atoms with Gasteiger partial charge in [0.1, 0.15) is 0 Å². The minimum absolute atomic E-state index is 0.528. The highest BCUT2D eigenvalue weighted by atomic mass is 14.1. The summed E-state index contributed by atoms with van der Waals surface area (Å²) in [5.74, 6) is 1.14. The van der Waals surface area contributed by atoms with Crippen LogP contribution >= 0.6 is 0 Å². The van der Waals surface area contributed by atoms with Crippen molar-refractivity contribution in [3.8, 4) is 0 Å². The van der Waals surface area contributed by atoms with Gasteiger partial charge in [0.2, 0.25) is 0 Å². The molecule has 0 saturated heterocycles. The smallest absolute Gasteiger partial charge is 0.0219 e. The molecule has 0 bridgehead atoms. The number of hydrogen-bond acceptors (Lipinski definition) is 0. The molecule has 0 spiro atoms. The third kappa shape index (κ3) is 2.47. The van der Waals surface area contributed by atoms with Crippen LogP contribution in [0.2, 0.25) is 0 Å². The second-order valence-electron chi connectivity index (χ2n) is 4.46. The Bertz CT molecular complexity index is 301. The Balaban J connectivity index is 2.89. The van der Waals surface area contributed by atoms with E-state index < -0.39 is 0 Å². The van der Waals surface area contributed by atoms with Crippen molar-refractivity contribution in [3.63, 3.8) is 0 Å². The van der Waals surface area contributed by atoms with Gasteiger partial charge in [-0.1, -0.05) is 58.5 Å². The SMILES string of the molecule is C=C(c1ccc(C(C)C)cc1)C(C)C. The lowest BCUT2D eigenvalue weighted by atomic mass is 9.94. The number of hydrogen-bond donors (Lipinski definition) is 0. The van der Waals surface area contributed by atoms with Gasteiger partial charge in [-0.05, 0) is 28.5 Å². The van der Waals surface area contributed by atoms with Crippen molar-refractivity contribution in [2.75, 3.05) is 0 Å². The maximum absolute atomic E-state index is 4.10. The highest BCUT2D eigenvalue weighted by Gasteiger charge is 2.04. The summed E-state index contributed by atoms with van der Waals surface area (Å²) in [6.45, 7) is 12.9. The van der Waals surface area contributed by atoms with Crippen LogP contribution in [-0.4, -0.2) is 0 Å². The summed E-state index contributed by atoms with van der Waals surface area (Å²) in [4.78, 5) is 0. The fourth-order valence-corrected chi connectivity index (χ4v) is 1.42. The van der Waals surface area contributed by atoms with Gasteiger partial charge in [-0.15, -0.1) is 0 Å². The molecular weight excluding hydrogens is 168 g/mol. The second kappa shape index (κ2) is 4.45. The van der Waals surface area contributed by atoms with E-state index in [1.165, 1.54) is 16.7 Å². The molecule has 14 heavy (non-hydrogen) atoms. The monoisotopic (exact) mass is 188 g/mol. The van der Waals surface area contributed by atoms with Crippen molar-refractivity contribution >= 4 is 5.57 Å². The molecule has 0 unspecified atom stereocenters. The lowest BCUT2D eigenvalue weighted by molar-refractivity contribution is 0.853. The molecule has 0 aliphatic rings. The minimum atomic E-state index is 0.528. The fraction of sp³-hybridized carbons (Fsp3) is 0.429. The molecule has 1 aromatic rings. The van der Waals surface area contributed by atoms with E-state index in [2.05, 4.69) is 58.5 Å². The van der Waals surface area contributed by atoms with Crippen molar-refractivity contribution in [3.05, 3.63) is 42.0 Å². The summed E-state index contributed by atoms with van der Waals surface area (Å²) in [6, 6.07) is 8.76. The van der Waals surface area contributed by atoms with Gasteiger partial charge < -0.3 is 0 Å². The molecule has 1 rings (SSSR count). The van der Waals surface area contributed by atoms with Crippen LogP contribution in [0, 0.1) is 5.92 Å². The maximum Gasteiger partial charge on any atom is -0.0219 e. The van der Waals surface area contributed by atoms with Gasteiger partial charge in [0.05, 0.1) is 0 Å². The van der Waals surface area contributed by atoms with Crippen LogP contribution in [-0.2, 0) is 0 Å². The van der Waals surface area contributed by atoms with Crippen LogP contribution < -0.4 is 0 Å². The standard InChI is InChI=1S/C14H20/c1-10(2)12(5)14-8-6-13(7-9-14)11(3)4/h6-11H,5H2,1-4H3. The van der Waals surface area contributed by atoms with Gasteiger partial charge in [-0.25, -0.2) is 0 Å². The maximum atomic E-state index is 4.10. The van der Waals surface area contributed by atoms with Gasteiger partial charge in [0.15, 0.2) is 0 Å². The Labute approximate surface area is 87.7 Å². The lowest BCUT2D eigenvalue weighted by Gasteiger charge is -2.11. The van der Waals surface area contributed by atoms with E-state index in [1.807, 2.05) is 0 Å². The number of rotatable bonds is 3. The van der Waals surface area contributed by atoms with Gasteiger partial charge >= 0.3 is 0 Å². The first kappa shape index (κ1) is 11.0. The summed E-state index contributed by atoms with van der Waals surface area (Å²) in [5.41, 5.74) is 3.88. The summed E-state index contributed by atoms with van der Waals surface area (Å²) >= 11 is 0. The lowest BCUT2D eigenvalue weighted by Crippen LogP contribution is -1.93. The van der Waals surface area contributed by atoms with E-state index in [4.69, 9.17) is 0 Å². The molecule has 0 heterocycles. The summed E-state index contributed by atoms with van der Waals surface area (Å²) in [5, 5.41) is 0. The summed E-state index contributed by atoms with van der Waals surface area (Å²) in [6.07, 6.45) is 0. The molecule has 0 fully saturated rings. The largest absolute Gasteiger partial charge is 0.0950 e. The third-order valence-corrected chi connectivity index (χ3v) is 2.65. The molecule has 0 heteroatoms. The summed E-state index contributed by atoms with van der Waals surface area (Å²) < 4.78 is 0. The molecule has 0 aliphatic carbocycles. The zero-order valence-corrected chi connectivity index (χ0v) is 9.67. The average Bonchev–Trinajstić information content (AvgIpc) is 2.16. The predicted octanol–water partition coefficient (Wildman–Crippen LogP) is 4.48. The first-order valence-electron chi connectivity index (χ1n) is 5.31. The average molecular weight is 188 g/mol. The third-order valence-electron chi connectivity index (χ3n) is 2.65. The van der Waals surface area contributed by atoms with Crippen LogP contribution in [0.3, 0.4) is 0 Å². The zero-order chi connectivity index (χ0) is 10.7. The number of benzene rings is 1. The van der Waals surface area contributed by atoms with Gasteiger partial charge in [-0.2, -0.15) is 0 Å². The van der Waals surface area contributed by atoms with E-state index in [-0.39, 0.29) is 0 Å². The molecule has 1 aromatic carbocycles. The van der Waals surface area contributed by atoms with Crippen molar-refractivity contribution in [2.45, 2.75) is 33.6 Å². The Morgan fingerprint density at radius 3 is 1.86 bits per heavy atom. The van der Waals surface area contributed by atoms with E-state index in [0.29, 0.717) is 11.8 Å². The van der Waals surface area contributed by atoms with E-state index in [9.17, 15) is 0 Å². The van der Waals surface area contributed by atoms with Crippen LogP contribution in [0.1, 0.15) is 44.7 Å². The molecule has 0 aliphatic heterocycles. The predicted molar refractivity (Wildman–Crippen MR) is 64.4 cm³/mol. The minimum Gasteiger partial charge on any atom is -0.0950 e. The normalized spacial score (nSPS) is 11.0. The molecule has 76 valence electrons. The molecular formula is C14H20. The van der Waals surface area contributed by atoms with Crippen LogP contribution in [0.5, 0.6) is 0 Å². The van der Waals surface area contributed by atoms with Gasteiger partial charge in [-0.3, -0.25) is 0 Å². The van der Waals surface area contributed by atoms with Crippen LogP contribution in [0.25, 0.3) is 5.57 Å². The van der Waals surface area contributed by atoms with E-state index in [0.717, 1.165) is 0 Å². The van der Waals surface area contributed by atoms with Crippen molar-refractivity contribution in [2.24, 2.45) is 5.92 Å². The molecule has 0 saturated carbocycles. The summed E-state index contributed by atoms with van der Waals surface area (Å²) in [7, 11) is 0. The van der Waals surface area contributed by atoms with Crippen LogP contribution in [0.4, 0.5) is 0 Å². The molecule has 0 nitrogen and oxygen atoms in total. The Kier molecular flexibility index (Phi) is 3.51. The van der Waals surface area contributed by atoms with Crippen molar-refractivity contribution < 1.29 is 0 Å². The van der Waals surface area contributed by atoms with Crippen molar-refractivity contribution in [1.82, 2.24) is 0 Å². The van der Waals surface area contributed by atoms with Crippen molar-refractivity contribution in [1.29, 1.82) is 0 Å². The first-order chi connectivity index (χ1) is 6.52. The molecule has 0 atom stereocenters. The van der Waals surface area contributed by atoms with Crippen LogP contribution in [0.15, 0.2) is 30.8 Å². The first-order valence-corrected chi connectivity index (χ1v) is 5.31. The van der Waals surface area contributed by atoms with E-state index in [1.54, 1.807) is 0 Å². The topological polar surface area (TPSA) is 0 Å². The molecule has 0 N–H and O–H groups in total. The quantitative estimate of drug-likeness (QED) is 0.656. The number of allylic oxidation sites excluding steroid dienone is 1. The van der Waals surface area contributed by atoms with Gasteiger partial charge in [0.25, 0.3) is 0 Å². The van der Waals surface area contributed by atoms with E-state index >= 15 is 0 Å². The Hall–Kier alpha value is -1.04. The fourth-order valence-electron chi connectivity index (χ4n) is 1.42. The molecule has 0 amide bonds. The highest BCUT2D eigenvalue weighted by Crippen LogP contribution is 2.23. The Morgan fingerprint density at radius 1 is 1.00 bits per heavy atom. The van der Waals surface area contributed by atoms with Gasteiger partial charge in [0, 0.05) is 0 Å². The molecule has 0 aromatic heterocycles.